The van der Waals surface area contributed by atoms with E-state index in [2.05, 4.69) is 5.32 Å². The molecule has 0 aliphatic carbocycles. The lowest BCUT2D eigenvalue weighted by Gasteiger charge is -2.29. The maximum atomic E-state index is 13.1. The summed E-state index contributed by atoms with van der Waals surface area (Å²) >= 11 is 5.17. The van der Waals surface area contributed by atoms with E-state index in [0.717, 1.165) is 15.8 Å². The average Bonchev–Trinajstić information content (AvgIpc) is 3.01. The van der Waals surface area contributed by atoms with Gasteiger partial charge in [0.25, 0.3) is 11.8 Å². The van der Waals surface area contributed by atoms with Crippen molar-refractivity contribution in [2.75, 3.05) is 4.90 Å². The quantitative estimate of drug-likeness (QED) is 0.397. The van der Waals surface area contributed by atoms with E-state index >= 15 is 0 Å². The van der Waals surface area contributed by atoms with Gasteiger partial charge in [0.1, 0.15) is 5.57 Å². The molecule has 1 fully saturated rings. The maximum Gasteiger partial charge on any atom is 0.335 e. The number of para-hydroxylation sites is 1. The smallest absolute Gasteiger partial charge is 0.335 e. The summed E-state index contributed by atoms with van der Waals surface area (Å²) in [6.07, 6.45) is 3.36. The predicted octanol–water partition coefficient (Wildman–Crippen LogP) is 2.71. The number of carbonyl (C=O) groups is 3. The third kappa shape index (κ3) is 3.19. The molecule has 7 nitrogen and oxygen atoms in total. The number of nitrogens with zero attached hydrogens (tertiary/aromatic N) is 2. The molecule has 0 atom stereocenters. The molecule has 0 saturated carbocycles. The Morgan fingerprint density at radius 3 is 2.66 bits per heavy atom. The third-order valence-electron chi connectivity index (χ3n) is 4.68. The summed E-state index contributed by atoms with van der Waals surface area (Å²) in [5.74, 6) is -2.34. The van der Waals surface area contributed by atoms with E-state index in [-0.39, 0.29) is 21.9 Å². The summed E-state index contributed by atoms with van der Waals surface area (Å²) in [5, 5.41) is 12.5. The molecule has 2 aromatic carbocycles. The molecule has 2 amide bonds. The van der Waals surface area contributed by atoms with E-state index in [4.69, 9.17) is 12.2 Å². The summed E-state index contributed by atoms with van der Waals surface area (Å²) in [4.78, 5) is 38.0. The number of nitrogens with one attached hydrogen (secondary N) is 1. The van der Waals surface area contributed by atoms with Crippen LogP contribution in [0.2, 0.25) is 0 Å². The van der Waals surface area contributed by atoms with Crippen LogP contribution in [0, 0.1) is 0 Å². The number of amides is 2. The monoisotopic (exact) mass is 405 g/mol. The molecular formula is C21H15N3O4S. The van der Waals surface area contributed by atoms with E-state index in [1.54, 1.807) is 6.07 Å². The second-order valence-corrected chi connectivity index (χ2v) is 6.91. The van der Waals surface area contributed by atoms with Gasteiger partial charge in [-0.3, -0.25) is 19.8 Å². The molecule has 4 rings (SSSR count). The summed E-state index contributed by atoms with van der Waals surface area (Å²) in [5.41, 5.74) is 1.87. The van der Waals surface area contributed by atoms with E-state index in [9.17, 15) is 19.5 Å². The molecule has 144 valence electrons. The molecule has 1 aromatic heterocycles. The fraction of sp³-hybridized carbons (Fsp3) is 0.0476. The number of hydrogen-bond acceptors (Lipinski definition) is 4. The number of carboxylic acid groups (broad SMARTS) is 1. The highest BCUT2D eigenvalue weighted by Gasteiger charge is 2.34. The molecule has 0 unspecified atom stereocenters. The molecule has 1 aliphatic rings. The Balaban J connectivity index is 1.80. The van der Waals surface area contributed by atoms with Gasteiger partial charge in [-0.2, -0.15) is 0 Å². The number of aryl methyl sites for hydroxylation is 1. The first-order valence-corrected chi connectivity index (χ1v) is 9.06. The molecular weight excluding hydrogens is 390 g/mol. The molecule has 29 heavy (non-hydrogen) atoms. The first kappa shape index (κ1) is 18.6. The van der Waals surface area contributed by atoms with E-state index < -0.39 is 17.8 Å². The largest absolute Gasteiger partial charge is 0.478 e. The number of carbonyl (C=O) groups excluding carboxylic acids is 2. The standard InChI is InChI=1S/C21H15N3O4S/c1-23-11-13(15-7-2-3-8-17(15)23)10-16-18(25)22-21(29)24(19(16)26)14-6-4-5-12(9-14)20(27)28/h2-11H,1H3,(H,27,28)(H,22,25,29). The first-order valence-electron chi connectivity index (χ1n) is 8.65. The van der Waals surface area contributed by atoms with Gasteiger partial charge in [-0.05, 0) is 42.6 Å². The number of carboxylic acids is 1. The van der Waals surface area contributed by atoms with Crippen LogP contribution in [0.3, 0.4) is 0 Å². The highest BCUT2D eigenvalue weighted by Crippen LogP contribution is 2.26. The molecule has 8 heteroatoms. The van der Waals surface area contributed by atoms with Crippen LogP contribution in [-0.4, -0.2) is 32.6 Å². The highest BCUT2D eigenvalue weighted by atomic mass is 32.1. The topological polar surface area (TPSA) is 91.6 Å². The molecule has 1 aliphatic heterocycles. The van der Waals surface area contributed by atoms with Crippen molar-refractivity contribution in [3.63, 3.8) is 0 Å². The van der Waals surface area contributed by atoms with Crippen molar-refractivity contribution in [1.29, 1.82) is 0 Å². The van der Waals surface area contributed by atoms with Gasteiger partial charge >= 0.3 is 5.97 Å². The lowest BCUT2D eigenvalue weighted by atomic mass is 10.1. The minimum absolute atomic E-state index is 0.00887. The molecule has 0 bridgehead atoms. The molecule has 2 heterocycles. The lowest BCUT2D eigenvalue weighted by Crippen LogP contribution is -2.54. The zero-order valence-corrected chi connectivity index (χ0v) is 16.1. The highest BCUT2D eigenvalue weighted by molar-refractivity contribution is 7.80. The Labute approximate surface area is 170 Å². The van der Waals surface area contributed by atoms with Gasteiger partial charge in [-0.15, -0.1) is 0 Å². The number of aromatic nitrogens is 1. The Bertz CT molecular complexity index is 1240. The second kappa shape index (κ2) is 6.99. The molecule has 3 aromatic rings. The minimum atomic E-state index is -1.13. The van der Waals surface area contributed by atoms with Crippen LogP contribution >= 0.6 is 12.2 Å². The molecule has 0 spiro atoms. The molecule has 1 saturated heterocycles. The first-order chi connectivity index (χ1) is 13.9. The average molecular weight is 405 g/mol. The van der Waals surface area contributed by atoms with Crippen LogP contribution < -0.4 is 10.2 Å². The van der Waals surface area contributed by atoms with Crippen LogP contribution in [0.25, 0.3) is 17.0 Å². The van der Waals surface area contributed by atoms with Gasteiger partial charge in [0.15, 0.2) is 5.11 Å². The van der Waals surface area contributed by atoms with E-state index in [1.165, 1.54) is 24.3 Å². The lowest BCUT2D eigenvalue weighted by molar-refractivity contribution is -0.122. The Kier molecular flexibility index (Phi) is 4.48. The fourth-order valence-electron chi connectivity index (χ4n) is 3.31. The van der Waals surface area contributed by atoms with Gasteiger partial charge in [0, 0.05) is 29.7 Å². The number of benzene rings is 2. The number of fused-ring (bicyclic) bond motifs is 1. The van der Waals surface area contributed by atoms with Crippen molar-refractivity contribution >= 4 is 57.8 Å². The van der Waals surface area contributed by atoms with Crippen molar-refractivity contribution in [1.82, 2.24) is 9.88 Å². The van der Waals surface area contributed by atoms with Crippen molar-refractivity contribution in [3.8, 4) is 0 Å². The number of hydrogen-bond donors (Lipinski definition) is 2. The maximum absolute atomic E-state index is 13.1. The predicted molar refractivity (Wildman–Crippen MR) is 113 cm³/mol. The van der Waals surface area contributed by atoms with Crippen molar-refractivity contribution in [3.05, 3.63) is 71.4 Å². The van der Waals surface area contributed by atoms with Crippen LogP contribution in [0.5, 0.6) is 0 Å². The molecule has 2 N–H and O–H groups in total. The van der Waals surface area contributed by atoms with Crippen LogP contribution in [-0.2, 0) is 16.6 Å². The number of anilines is 1. The van der Waals surface area contributed by atoms with Gasteiger partial charge in [0.2, 0.25) is 0 Å². The fourth-order valence-corrected chi connectivity index (χ4v) is 3.59. The summed E-state index contributed by atoms with van der Waals surface area (Å²) in [6.45, 7) is 0. The van der Waals surface area contributed by atoms with Crippen molar-refractivity contribution in [2.24, 2.45) is 7.05 Å². The Morgan fingerprint density at radius 1 is 1.14 bits per heavy atom. The van der Waals surface area contributed by atoms with Gasteiger partial charge in [-0.1, -0.05) is 24.3 Å². The zero-order valence-electron chi connectivity index (χ0n) is 15.2. The van der Waals surface area contributed by atoms with Crippen molar-refractivity contribution in [2.45, 2.75) is 0 Å². The Hall–Kier alpha value is -3.78. The number of rotatable bonds is 3. The van der Waals surface area contributed by atoms with Gasteiger partial charge in [0.05, 0.1) is 11.3 Å². The van der Waals surface area contributed by atoms with Gasteiger partial charge < -0.3 is 9.67 Å². The zero-order chi connectivity index (χ0) is 20.7. The molecule has 0 radical (unpaired) electrons. The normalized spacial score (nSPS) is 15.8. The third-order valence-corrected chi connectivity index (χ3v) is 4.97. The minimum Gasteiger partial charge on any atom is -0.478 e. The van der Waals surface area contributed by atoms with Crippen molar-refractivity contribution < 1.29 is 19.5 Å². The summed E-state index contributed by atoms with van der Waals surface area (Å²) in [6, 6.07) is 13.5. The summed E-state index contributed by atoms with van der Waals surface area (Å²) < 4.78 is 1.91. The summed E-state index contributed by atoms with van der Waals surface area (Å²) in [7, 11) is 1.88. The Morgan fingerprint density at radius 2 is 1.90 bits per heavy atom. The van der Waals surface area contributed by atoms with E-state index in [1.807, 2.05) is 42.1 Å². The number of aromatic carboxylic acids is 1. The van der Waals surface area contributed by atoms with Crippen LogP contribution in [0.4, 0.5) is 5.69 Å². The van der Waals surface area contributed by atoms with Crippen LogP contribution in [0.15, 0.2) is 60.3 Å². The number of thiocarbonyl (C=S) groups is 1. The van der Waals surface area contributed by atoms with Gasteiger partial charge in [-0.25, -0.2) is 4.79 Å². The van der Waals surface area contributed by atoms with E-state index in [0.29, 0.717) is 5.56 Å². The SMILES string of the molecule is Cn1cc(C=C2C(=O)NC(=S)N(c3cccc(C(=O)O)c3)C2=O)c2ccccc21. The second-order valence-electron chi connectivity index (χ2n) is 6.53. The van der Waals surface area contributed by atoms with Crippen LogP contribution in [0.1, 0.15) is 15.9 Å².